The van der Waals surface area contributed by atoms with E-state index in [9.17, 15) is 9.59 Å². The second kappa shape index (κ2) is 8.27. The Bertz CT molecular complexity index is 439. The van der Waals surface area contributed by atoms with E-state index in [-0.39, 0.29) is 30.3 Å². The summed E-state index contributed by atoms with van der Waals surface area (Å²) >= 11 is 0. The van der Waals surface area contributed by atoms with Gasteiger partial charge in [0.1, 0.15) is 0 Å². The molecule has 0 spiro atoms. The number of carbonyl (C=O) groups excluding carboxylic acids is 2. The van der Waals surface area contributed by atoms with Gasteiger partial charge in [-0.3, -0.25) is 15.0 Å². The van der Waals surface area contributed by atoms with Gasteiger partial charge in [0, 0.05) is 12.0 Å². The summed E-state index contributed by atoms with van der Waals surface area (Å²) in [6.45, 7) is 4.88. The third kappa shape index (κ3) is 4.46. The number of nitrogens with one attached hydrogen (secondary N) is 2. The van der Waals surface area contributed by atoms with Crippen molar-refractivity contribution in [3.63, 3.8) is 0 Å². The number of ether oxygens (including phenoxy) is 2. The van der Waals surface area contributed by atoms with Crippen LogP contribution in [0.2, 0.25) is 0 Å². The number of rotatable bonds is 4. The zero-order chi connectivity index (χ0) is 16.9. The molecule has 0 aromatic heterocycles. The molecular formula is C17H29N3O4. The van der Waals surface area contributed by atoms with Crippen molar-refractivity contribution in [2.75, 3.05) is 26.3 Å². The van der Waals surface area contributed by atoms with E-state index in [0.29, 0.717) is 19.1 Å². The Hall–Kier alpha value is -1.18. The van der Waals surface area contributed by atoms with Gasteiger partial charge in [0.15, 0.2) is 6.29 Å². The Kier molecular flexibility index (Phi) is 6.08. The molecule has 1 atom stereocenters. The number of piperidine rings is 1. The molecule has 1 saturated carbocycles. The maximum absolute atomic E-state index is 12.3. The molecule has 0 radical (unpaired) electrons. The Labute approximate surface area is 143 Å². The molecule has 1 aliphatic carbocycles. The topological polar surface area (TPSA) is 79.9 Å². The van der Waals surface area contributed by atoms with E-state index < -0.39 is 0 Å². The summed E-state index contributed by atoms with van der Waals surface area (Å²) in [7, 11) is 0. The summed E-state index contributed by atoms with van der Waals surface area (Å²) in [5.41, 5.74) is 0. The highest BCUT2D eigenvalue weighted by atomic mass is 16.7. The van der Waals surface area contributed by atoms with Gasteiger partial charge >= 0.3 is 6.03 Å². The molecule has 3 fully saturated rings. The Morgan fingerprint density at radius 2 is 1.67 bits per heavy atom. The molecule has 2 aliphatic heterocycles. The third-order valence-corrected chi connectivity index (χ3v) is 5.46. The van der Waals surface area contributed by atoms with E-state index in [0.717, 1.165) is 51.6 Å². The van der Waals surface area contributed by atoms with E-state index in [4.69, 9.17) is 9.47 Å². The number of imide groups is 1. The van der Waals surface area contributed by atoms with Crippen LogP contribution in [-0.4, -0.2) is 61.5 Å². The van der Waals surface area contributed by atoms with Crippen LogP contribution in [0.25, 0.3) is 0 Å². The number of hydrogen-bond acceptors (Lipinski definition) is 5. The van der Waals surface area contributed by atoms with Crippen LogP contribution in [0.5, 0.6) is 0 Å². The lowest BCUT2D eigenvalue weighted by Gasteiger charge is -2.36. The van der Waals surface area contributed by atoms with Crippen LogP contribution in [0.3, 0.4) is 0 Å². The molecule has 2 saturated heterocycles. The molecule has 3 rings (SSSR count). The fourth-order valence-corrected chi connectivity index (χ4v) is 3.90. The Balaban J connectivity index is 1.39. The summed E-state index contributed by atoms with van der Waals surface area (Å²) in [6, 6.07) is -0.442. The second-order valence-corrected chi connectivity index (χ2v) is 7.10. The molecule has 24 heavy (non-hydrogen) atoms. The van der Waals surface area contributed by atoms with E-state index >= 15 is 0 Å². The molecular weight excluding hydrogens is 310 g/mol. The number of amides is 3. The monoisotopic (exact) mass is 339 g/mol. The van der Waals surface area contributed by atoms with Gasteiger partial charge in [-0.1, -0.05) is 12.8 Å². The molecule has 2 N–H and O–H groups in total. The van der Waals surface area contributed by atoms with Gasteiger partial charge in [-0.15, -0.1) is 0 Å². The zero-order valence-corrected chi connectivity index (χ0v) is 14.5. The first-order valence-electron chi connectivity index (χ1n) is 9.22. The van der Waals surface area contributed by atoms with Gasteiger partial charge in [-0.2, -0.15) is 0 Å². The molecule has 0 bridgehead atoms. The highest BCUT2D eigenvalue weighted by Crippen LogP contribution is 2.26. The summed E-state index contributed by atoms with van der Waals surface area (Å²) in [5.74, 6) is 0.182. The van der Waals surface area contributed by atoms with Crippen molar-refractivity contribution in [1.29, 1.82) is 0 Å². The van der Waals surface area contributed by atoms with Crippen molar-refractivity contribution in [1.82, 2.24) is 15.5 Å². The van der Waals surface area contributed by atoms with Crippen molar-refractivity contribution in [3.05, 3.63) is 0 Å². The number of urea groups is 1. The van der Waals surface area contributed by atoms with Crippen molar-refractivity contribution in [2.24, 2.45) is 5.92 Å². The fraction of sp³-hybridized carbons (Fsp3) is 0.882. The molecule has 7 nitrogen and oxygen atoms in total. The maximum atomic E-state index is 12.3. The Morgan fingerprint density at radius 1 is 1.04 bits per heavy atom. The minimum absolute atomic E-state index is 0.0755. The number of carbonyl (C=O) groups is 2. The predicted octanol–water partition coefficient (Wildman–Crippen LogP) is 1.23. The predicted molar refractivity (Wildman–Crippen MR) is 88.4 cm³/mol. The van der Waals surface area contributed by atoms with Gasteiger partial charge in [0.25, 0.3) is 0 Å². The first kappa shape index (κ1) is 17.6. The molecule has 3 amide bonds. The van der Waals surface area contributed by atoms with E-state index in [1.807, 2.05) is 6.92 Å². The summed E-state index contributed by atoms with van der Waals surface area (Å²) in [6.07, 6.45) is 6.16. The number of likely N-dealkylation sites (tertiary alicyclic amines) is 1. The average Bonchev–Trinajstić information content (AvgIpc) is 3.27. The van der Waals surface area contributed by atoms with Crippen LogP contribution in [-0.2, 0) is 14.3 Å². The van der Waals surface area contributed by atoms with Gasteiger partial charge < -0.3 is 14.8 Å². The van der Waals surface area contributed by atoms with Crippen LogP contribution in [0.1, 0.15) is 45.4 Å². The fourth-order valence-electron chi connectivity index (χ4n) is 3.90. The molecule has 0 aromatic rings. The largest absolute Gasteiger partial charge is 0.350 e. The van der Waals surface area contributed by atoms with Crippen LogP contribution in [0.15, 0.2) is 0 Å². The minimum atomic E-state index is -0.360. The van der Waals surface area contributed by atoms with Crippen molar-refractivity contribution >= 4 is 11.9 Å². The van der Waals surface area contributed by atoms with Crippen molar-refractivity contribution in [3.8, 4) is 0 Å². The van der Waals surface area contributed by atoms with E-state index in [1.54, 1.807) is 0 Å². The lowest BCUT2D eigenvalue weighted by molar-refractivity contribution is -0.127. The average molecular weight is 339 g/mol. The van der Waals surface area contributed by atoms with Gasteiger partial charge in [-0.05, 0) is 45.7 Å². The highest BCUT2D eigenvalue weighted by molar-refractivity contribution is 5.96. The van der Waals surface area contributed by atoms with Crippen LogP contribution in [0.4, 0.5) is 4.79 Å². The number of hydrogen-bond donors (Lipinski definition) is 2. The second-order valence-electron chi connectivity index (χ2n) is 7.10. The molecule has 7 heteroatoms. The van der Waals surface area contributed by atoms with Gasteiger partial charge in [-0.25, -0.2) is 4.79 Å². The van der Waals surface area contributed by atoms with Gasteiger partial charge in [0.2, 0.25) is 5.91 Å². The molecule has 136 valence electrons. The summed E-state index contributed by atoms with van der Waals surface area (Å²) in [5, 5.41) is 5.38. The van der Waals surface area contributed by atoms with Crippen molar-refractivity contribution in [2.45, 2.75) is 63.8 Å². The van der Waals surface area contributed by atoms with Crippen molar-refractivity contribution < 1.29 is 19.1 Å². The highest BCUT2D eigenvalue weighted by Gasteiger charge is 2.33. The van der Waals surface area contributed by atoms with Crippen LogP contribution in [0, 0.1) is 5.92 Å². The standard InChI is InChI=1S/C17H29N3O4/c1-12(15(21)19-17(22)18-14-4-2-3-5-14)20-8-6-13(7-9-20)16-23-10-11-24-16/h12-14,16H,2-11H2,1H3,(H2,18,19,21,22). The van der Waals surface area contributed by atoms with Gasteiger partial charge in [0.05, 0.1) is 19.3 Å². The SMILES string of the molecule is CC(C(=O)NC(=O)NC1CCCC1)N1CCC(C2OCCO2)CC1. The van der Waals surface area contributed by atoms with Crippen LogP contribution >= 0.6 is 0 Å². The number of nitrogens with zero attached hydrogens (tertiary/aromatic N) is 1. The van der Waals surface area contributed by atoms with E-state index in [1.165, 1.54) is 0 Å². The first-order chi connectivity index (χ1) is 11.6. The molecule has 0 aromatic carbocycles. The molecule has 3 aliphatic rings. The maximum Gasteiger partial charge on any atom is 0.321 e. The molecule has 2 heterocycles. The smallest absolute Gasteiger partial charge is 0.321 e. The zero-order valence-electron chi connectivity index (χ0n) is 14.5. The molecule has 1 unspecified atom stereocenters. The summed E-state index contributed by atoms with van der Waals surface area (Å²) < 4.78 is 11.2. The normalized spacial score (nSPS) is 25.7. The first-order valence-corrected chi connectivity index (χ1v) is 9.22. The summed E-state index contributed by atoms with van der Waals surface area (Å²) in [4.78, 5) is 26.4. The Morgan fingerprint density at radius 3 is 2.29 bits per heavy atom. The lowest BCUT2D eigenvalue weighted by Crippen LogP contribution is -2.53. The van der Waals surface area contributed by atoms with Crippen LogP contribution < -0.4 is 10.6 Å². The quantitative estimate of drug-likeness (QED) is 0.805. The van der Waals surface area contributed by atoms with E-state index in [2.05, 4.69) is 15.5 Å². The third-order valence-electron chi connectivity index (χ3n) is 5.46. The minimum Gasteiger partial charge on any atom is -0.350 e. The lowest BCUT2D eigenvalue weighted by atomic mass is 9.95.